The predicted molar refractivity (Wildman–Crippen MR) is 120 cm³/mol. The lowest BCUT2D eigenvalue weighted by molar-refractivity contribution is -0.138. The highest BCUT2D eigenvalue weighted by atomic mass is 32.2. The van der Waals surface area contributed by atoms with Crippen molar-refractivity contribution in [2.45, 2.75) is 23.6 Å². The zero-order chi connectivity index (χ0) is 22.1. The Kier molecular flexibility index (Phi) is 6.11. The molecule has 172 valence electrons. The number of carbonyl (C=O) groups excluding carboxylic acids is 1. The third-order valence-electron chi connectivity index (χ3n) is 6.35. The number of benzene rings is 1. The Morgan fingerprint density at radius 3 is 2.66 bits per heavy atom. The van der Waals surface area contributed by atoms with E-state index in [1.807, 2.05) is 17.0 Å². The number of rotatable bonds is 5. The van der Waals surface area contributed by atoms with Crippen molar-refractivity contribution in [3.05, 3.63) is 41.3 Å². The molecule has 3 aliphatic rings. The smallest absolute Gasteiger partial charge is 0.252 e. The molecule has 3 aliphatic heterocycles. The van der Waals surface area contributed by atoms with Gasteiger partial charge in [0.15, 0.2) is 11.5 Å². The van der Waals surface area contributed by atoms with Crippen molar-refractivity contribution in [2.75, 3.05) is 46.1 Å². The zero-order valence-electron chi connectivity index (χ0n) is 17.8. The summed E-state index contributed by atoms with van der Waals surface area (Å²) in [6.07, 6.45) is 1.46. The standard InChI is InChI=1S/C22H27N3O5S2/c26-22(18-3-1-7-25(15-18)32(27,28)21-4-2-12-31-21)24-10-8-23(9-11-24)14-17-5-6-19-20(13-17)30-16-29-19/h2,4-6,12-13,18H,1,3,7-11,14-16H2/t18-/m1/s1. The Bertz CT molecular complexity index is 1070. The van der Waals surface area contributed by atoms with Crippen molar-refractivity contribution < 1.29 is 22.7 Å². The van der Waals surface area contributed by atoms with Gasteiger partial charge in [0.1, 0.15) is 4.21 Å². The number of hydrogen-bond donors (Lipinski definition) is 0. The van der Waals surface area contributed by atoms with E-state index in [9.17, 15) is 13.2 Å². The van der Waals surface area contributed by atoms with Crippen molar-refractivity contribution in [2.24, 2.45) is 5.92 Å². The fourth-order valence-corrected chi connectivity index (χ4v) is 7.25. The van der Waals surface area contributed by atoms with E-state index in [0.717, 1.165) is 43.1 Å². The van der Waals surface area contributed by atoms with Crippen LogP contribution in [-0.4, -0.2) is 74.5 Å². The third kappa shape index (κ3) is 4.36. The highest BCUT2D eigenvalue weighted by molar-refractivity contribution is 7.91. The van der Waals surface area contributed by atoms with E-state index in [1.54, 1.807) is 17.5 Å². The molecular formula is C22H27N3O5S2. The van der Waals surface area contributed by atoms with Gasteiger partial charge in [0, 0.05) is 45.8 Å². The van der Waals surface area contributed by atoms with E-state index in [2.05, 4.69) is 11.0 Å². The van der Waals surface area contributed by atoms with Crippen LogP contribution in [0.25, 0.3) is 0 Å². The quantitative estimate of drug-likeness (QED) is 0.657. The van der Waals surface area contributed by atoms with Gasteiger partial charge in [-0.05, 0) is 42.0 Å². The maximum Gasteiger partial charge on any atom is 0.252 e. The summed E-state index contributed by atoms with van der Waals surface area (Å²) >= 11 is 1.22. The average Bonchev–Trinajstić information content (AvgIpc) is 3.51. The van der Waals surface area contributed by atoms with E-state index < -0.39 is 10.0 Å². The van der Waals surface area contributed by atoms with Crippen LogP contribution in [0, 0.1) is 5.92 Å². The van der Waals surface area contributed by atoms with Crippen LogP contribution in [0.4, 0.5) is 0 Å². The number of hydrogen-bond acceptors (Lipinski definition) is 7. The average molecular weight is 478 g/mol. The predicted octanol–water partition coefficient (Wildman–Crippen LogP) is 2.22. The van der Waals surface area contributed by atoms with Crippen LogP contribution in [0.15, 0.2) is 39.9 Å². The summed E-state index contributed by atoms with van der Waals surface area (Å²) in [4.78, 5) is 17.4. The fraction of sp³-hybridized carbons (Fsp3) is 0.500. The van der Waals surface area contributed by atoms with Crippen LogP contribution in [0.1, 0.15) is 18.4 Å². The van der Waals surface area contributed by atoms with Crippen LogP contribution < -0.4 is 9.47 Å². The summed E-state index contributed by atoms with van der Waals surface area (Å²) in [6, 6.07) is 9.38. The molecular weight excluding hydrogens is 450 g/mol. The van der Waals surface area contributed by atoms with Gasteiger partial charge in [-0.25, -0.2) is 8.42 Å². The molecule has 4 heterocycles. The zero-order valence-corrected chi connectivity index (χ0v) is 19.4. The summed E-state index contributed by atoms with van der Waals surface area (Å²) in [5, 5.41) is 1.77. The molecule has 5 rings (SSSR count). The number of fused-ring (bicyclic) bond motifs is 1. The lowest BCUT2D eigenvalue weighted by Crippen LogP contribution is -2.52. The van der Waals surface area contributed by atoms with Gasteiger partial charge < -0.3 is 14.4 Å². The van der Waals surface area contributed by atoms with Gasteiger partial charge in [-0.2, -0.15) is 4.31 Å². The molecule has 1 aromatic heterocycles. The molecule has 1 amide bonds. The van der Waals surface area contributed by atoms with Crippen molar-refractivity contribution in [1.29, 1.82) is 0 Å². The van der Waals surface area contributed by atoms with E-state index >= 15 is 0 Å². The number of carbonyl (C=O) groups is 1. The summed E-state index contributed by atoms with van der Waals surface area (Å²) in [7, 11) is -3.51. The first-order valence-electron chi connectivity index (χ1n) is 10.9. The second kappa shape index (κ2) is 9.01. The fourth-order valence-electron chi connectivity index (χ4n) is 4.58. The second-order valence-electron chi connectivity index (χ2n) is 8.42. The minimum absolute atomic E-state index is 0.0822. The molecule has 0 N–H and O–H groups in total. The van der Waals surface area contributed by atoms with Crippen LogP contribution in [0.3, 0.4) is 0 Å². The van der Waals surface area contributed by atoms with Gasteiger partial charge in [0.2, 0.25) is 12.7 Å². The summed E-state index contributed by atoms with van der Waals surface area (Å²) in [6.45, 7) is 4.74. The van der Waals surface area contributed by atoms with E-state index in [4.69, 9.17) is 9.47 Å². The molecule has 1 aromatic carbocycles. The maximum atomic E-state index is 13.2. The molecule has 2 fully saturated rings. The molecule has 1 atom stereocenters. The first kappa shape index (κ1) is 21.7. The molecule has 0 radical (unpaired) electrons. The SMILES string of the molecule is O=C([C@@H]1CCCN(S(=O)(=O)c2cccs2)C1)N1CCN(Cc2ccc3c(c2)OCO3)CC1. The van der Waals surface area contributed by atoms with E-state index in [0.29, 0.717) is 30.3 Å². The van der Waals surface area contributed by atoms with Crippen molar-refractivity contribution in [1.82, 2.24) is 14.1 Å². The molecule has 0 aliphatic carbocycles. The molecule has 8 nitrogen and oxygen atoms in total. The number of piperidine rings is 1. The van der Waals surface area contributed by atoms with Gasteiger partial charge in [-0.15, -0.1) is 11.3 Å². The summed E-state index contributed by atoms with van der Waals surface area (Å²) in [5.74, 6) is 1.39. The summed E-state index contributed by atoms with van der Waals surface area (Å²) < 4.78 is 38.4. The normalized spacial score (nSPS) is 22.2. The molecule has 10 heteroatoms. The lowest BCUT2D eigenvalue weighted by atomic mass is 9.97. The van der Waals surface area contributed by atoms with Crippen LogP contribution in [0.2, 0.25) is 0 Å². The molecule has 0 unspecified atom stereocenters. The maximum absolute atomic E-state index is 13.2. The number of nitrogens with zero attached hydrogens (tertiary/aromatic N) is 3. The Morgan fingerprint density at radius 1 is 1.06 bits per heavy atom. The third-order valence-corrected chi connectivity index (χ3v) is 9.59. The Hall–Kier alpha value is -2.14. The van der Waals surface area contributed by atoms with E-state index in [-0.39, 0.29) is 25.2 Å². The van der Waals surface area contributed by atoms with Crippen molar-refractivity contribution in [3.8, 4) is 11.5 Å². The van der Waals surface area contributed by atoms with Gasteiger partial charge in [-0.3, -0.25) is 9.69 Å². The Labute approximate surface area is 192 Å². The van der Waals surface area contributed by atoms with Crippen LogP contribution >= 0.6 is 11.3 Å². The Balaban J connectivity index is 1.16. The first-order valence-corrected chi connectivity index (χ1v) is 13.3. The van der Waals surface area contributed by atoms with E-state index in [1.165, 1.54) is 15.6 Å². The Morgan fingerprint density at radius 2 is 1.88 bits per heavy atom. The molecule has 2 aromatic rings. The molecule has 0 spiro atoms. The monoisotopic (exact) mass is 477 g/mol. The van der Waals surface area contributed by atoms with Crippen LogP contribution in [0.5, 0.6) is 11.5 Å². The first-order chi connectivity index (χ1) is 15.5. The van der Waals surface area contributed by atoms with Gasteiger partial charge in [0.25, 0.3) is 10.0 Å². The number of piperazine rings is 1. The van der Waals surface area contributed by atoms with Crippen molar-refractivity contribution >= 4 is 27.3 Å². The summed E-state index contributed by atoms with van der Waals surface area (Å²) in [5.41, 5.74) is 1.16. The topological polar surface area (TPSA) is 79.4 Å². The largest absolute Gasteiger partial charge is 0.454 e. The van der Waals surface area contributed by atoms with Gasteiger partial charge in [0.05, 0.1) is 5.92 Å². The number of sulfonamides is 1. The molecule has 0 bridgehead atoms. The van der Waals surface area contributed by atoms with Gasteiger partial charge in [-0.1, -0.05) is 12.1 Å². The number of amides is 1. The highest BCUT2D eigenvalue weighted by Gasteiger charge is 2.36. The minimum atomic E-state index is -3.51. The van der Waals surface area contributed by atoms with Crippen LogP contribution in [-0.2, 0) is 21.4 Å². The molecule has 2 saturated heterocycles. The molecule has 0 saturated carbocycles. The second-order valence-corrected chi connectivity index (χ2v) is 11.5. The lowest BCUT2D eigenvalue weighted by Gasteiger charge is -2.38. The van der Waals surface area contributed by atoms with Crippen molar-refractivity contribution in [3.63, 3.8) is 0 Å². The van der Waals surface area contributed by atoms with Gasteiger partial charge >= 0.3 is 0 Å². The number of ether oxygens (including phenoxy) is 2. The highest BCUT2D eigenvalue weighted by Crippen LogP contribution is 2.33. The number of thiophene rings is 1. The molecule has 32 heavy (non-hydrogen) atoms. The minimum Gasteiger partial charge on any atom is -0.454 e.